The van der Waals surface area contributed by atoms with Crippen LogP contribution in [0.15, 0.2) is 24.3 Å². The van der Waals surface area contributed by atoms with Crippen LogP contribution < -0.4 is 5.73 Å². The first-order valence-electron chi connectivity index (χ1n) is 7.09. The molecule has 3 nitrogen and oxygen atoms in total. The van der Waals surface area contributed by atoms with Gasteiger partial charge >= 0.3 is 6.18 Å². The molecule has 1 saturated heterocycles. The van der Waals surface area contributed by atoms with Gasteiger partial charge in [-0.3, -0.25) is 0 Å². The lowest BCUT2D eigenvalue weighted by Gasteiger charge is -2.23. The molecule has 0 spiro atoms. The fourth-order valence-electron chi connectivity index (χ4n) is 2.31. The number of nitrogens with two attached hydrogens (primary N) is 1. The Morgan fingerprint density at radius 1 is 1.33 bits per heavy atom. The molecular weight excluding hydrogens is 283 g/mol. The number of ether oxygens (including phenoxy) is 2. The molecule has 0 saturated carbocycles. The third kappa shape index (κ3) is 4.98. The minimum atomic E-state index is -4.35. The van der Waals surface area contributed by atoms with Gasteiger partial charge in [0.1, 0.15) is 0 Å². The molecular formula is C15H20F3NO2. The van der Waals surface area contributed by atoms with Gasteiger partial charge in [0, 0.05) is 6.61 Å². The number of benzene rings is 1. The molecule has 2 rings (SSSR count). The van der Waals surface area contributed by atoms with E-state index in [9.17, 15) is 13.2 Å². The smallest absolute Gasteiger partial charge is 0.377 e. The Morgan fingerprint density at radius 2 is 2.14 bits per heavy atom. The molecule has 0 aliphatic carbocycles. The number of rotatable bonds is 5. The molecule has 2 atom stereocenters. The van der Waals surface area contributed by atoms with E-state index in [0.717, 1.165) is 38.0 Å². The molecule has 0 aromatic heterocycles. The van der Waals surface area contributed by atoms with E-state index < -0.39 is 17.8 Å². The Hall–Kier alpha value is -1.11. The van der Waals surface area contributed by atoms with E-state index >= 15 is 0 Å². The molecule has 0 amide bonds. The predicted molar refractivity (Wildman–Crippen MR) is 72.8 cm³/mol. The van der Waals surface area contributed by atoms with Gasteiger partial charge in [-0.1, -0.05) is 12.1 Å². The Bertz CT molecular complexity index is 445. The van der Waals surface area contributed by atoms with Crippen molar-refractivity contribution in [3.05, 3.63) is 35.4 Å². The van der Waals surface area contributed by atoms with Crippen molar-refractivity contribution in [3.63, 3.8) is 0 Å². The van der Waals surface area contributed by atoms with Crippen molar-refractivity contribution < 1.29 is 22.6 Å². The Morgan fingerprint density at radius 3 is 2.81 bits per heavy atom. The van der Waals surface area contributed by atoms with E-state index in [1.165, 1.54) is 6.07 Å². The normalized spacial score (nSPS) is 21.2. The second-order valence-corrected chi connectivity index (χ2v) is 5.26. The quantitative estimate of drug-likeness (QED) is 0.908. The van der Waals surface area contributed by atoms with Crippen LogP contribution in [-0.4, -0.2) is 25.9 Å². The highest BCUT2D eigenvalue weighted by Crippen LogP contribution is 2.30. The molecule has 1 aromatic carbocycles. The highest BCUT2D eigenvalue weighted by Gasteiger charge is 2.30. The maximum Gasteiger partial charge on any atom is 0.416 e. The lowest BCUT2D eigenvalue weighted by atomic mass is 10.0. The summed E-state index contributed by atoms with van der Waals surface area (Å²) >= 11 is 0. The maximum absolute atomic E-state index is 12.6. The fraction of sp³-hybridized carbons (Fsp3) is 0.600. The van der Waals surface area contributed by atoms with Gasteiger partial charge in [-0.15, -0.1) is 0 Å². The van der Waals surface area contributed by atoms with Gasteiger partial charge in [0.05, 0.1) is 30.9 Å². The van der Waals surface area contributed by atoms with Gasteiger partial charge in [-0.25, -0.2) is 0 Å². The zero-order valence-corrected chi connectivity index (χ0v) is 11.7. The second kappa shape index (κ2) is 7.24. The van der Waals surface area contributed by atoms with Crippen LogP contribution in [0.1, 0.15) is 36.4 Å². The summed E-state index contributed by atoms with van der Waals surface area (Å²) < 4.78 is 48.9. The largest absolute Gasteiger partial charge is 0.416 e. The summed E-state index contributed by atoms with van der Waals surface area (Å²) in [4.78, 5) is 0. The van der Waals surface area contributed by atoms with Gasteiger partial charge in [0.2, 0.25) is 0 Å². The lowest BCUT2D eigenvalue weighted by molar-refractivity contribution is -0.137. The van der Waals surface area contributed by atoms with Crippen LogP contribution in [0.4, 0.5) is 13.2 Å². The number of hydrogen-bond donors (Lipinski definition) is 1. The zero-order chi connectivity index (χ0) is 15.3. The molecule has 1 fully saturated rings. The Labute approximate surface area is 122 Å². The molecule has 1 heterocycles. The highest BCUT2D eigenvalue weighted by atomic mass is 19.4. The summed E-state index contributed by atoms with van der Waals surface area (Å²) in [6.07, 6.45) is -1.13. The number of halogens is 3. The van der Waals surface area contributed by atoms with Crippen molar-refractivity contribution in [3.8, 4) is 0 Å². The second-order valence-electron chi connectivity index (χ2n) is 5.26. The van der Waals surface area contributed by atoms with Crippen LogP contribution in [0, 0.1) is 0 Å². The van der Waals surface area contributed by atoms with Crippen molar-refractivity contribution in [1.82, 2.24) is 0 Å². The van der Waals surface area contributed by atoms with E-state index in [4.69, 9.17) is 15.2 Å². The molecule has 2 N–H and O–H groups in total. The molecule has 6 heteroatoms. The summed E-state index contributed by atoms with van der Waals surface area (Å²) in [5.41, 5.74) is 5.63. The standard InChI is InChI=1S/C15H20F3NO2/c16-15(17,18)12-5-3-4-11(8-12)14(19)10-20-9-13-6-1-2-7-21-13/h3-5,8,13-14H,1-2,6-7,9-10,19H2. The average Bonchev–Trinajstić information content (AvgIpc) is 2.47. The van der Waals surface area contributed by atoms with Gasteiger partial charge in [0.25, 0.3) is 0 Å². The molecule has 118 valence electrons. The van der Waals surface area contributed by atoms with E-state index in [1.807, 2.05) is 0 Å². The van der Waals surface area contributed by atoms with Crippen molar-refractivity contribution in [2.75, 3.05) is 19.8 Å². The monoisotopic (exact) mass is 303 g/mol. The minimum absolute atomic E-state index is 0.0764. The SMILES string of the molecule is NC(COCC1CCCCO1)c1cccc(C(F)(F)F)c1. The molecule has 21 heavy (non-hydrogen) atoms. The number of alkyl halides is 3. The first kappa shape index (κ1) is 16.3. The van der Waals surface area contributed by atoms with Crippen molar-refractivity contribution in [2.45, 2.75) is 37.6 Å². The van der Waals surface area contributed by atoms with Crippen molar-refractivity contribution in [2.24, 2.45) is 5.73 Å². The van der Waals surface area contributed by atoms with Crippen LogP contribution >= 0.6 is 0 Å². The van der Waals surface area contributed by atoms with Gasteiger partial charge in [-0.05, 0) is 37.0 Å². The third-order valence-corrected chi connectivity index (χ3v) is 3.52. The molecule has 1 aromatic rings. The van der Waals surface area contributed by atoms with Crippen molar-refractivity contribution >= 4 is 0 Å². The van der Waals surface area contributed by atoms with Gasteiger partial charge in [0.15, 0.2) is 0 Å². The third-order valence-electron chi connectivity index (χ3n) is 3.52. The van der Waals surface area contributed by atoms with E-state index in [0.29, 0.717) is 12.2 Å². The maximum atomic E-state index is 12.6. The van der Waals surface area contributed by atoms with Crippen LogP contribution in [0.3, 0.4) is 0 Å². The van der Waals surface area contributed by atoms with E-state index in [-0.39, 0.29) is 12.7 Å². The van der Waals surface area contributed by atoms with Crippen LogP contribution in [0.5, 0.6) is 0 Å². The summed E-state index contributed by atoms with van der Waals surface area (Å²) in [5.74, 6) is 0. The van der Waals surface area contributed by atoms with E-state index in [2.05, 4.69) is 0 Å². The molecule has 0 radical (unpaired) electrons. The lowest BCUT2D eigenvalue weighted by Crippen LogP contribution is -2.27. The average molecular weight is 303 g/mol. The van der Waals surface area contributed by atoms with Crippen LogP contribution in [0.2, 0.25) is 0 Å². The number of hydrogen-bond acceptors (Lipinski definition) is 3. The molecule has 1 aliphatic heterocycles. The van der Waals surface area contributed by atoms with Gasteiger partial charge in [-0.2, -0.15) is 13.2 Å². The topological polar surface area (TPSA) is 44.5 Å². The Kier molecular flexibility index (Phi) is 5.61. The minimum Gasteiger partial charge on any atom is -0.377 e. The first-order valence-corrected chi connectivity index (χ1v) is 7.09. The molecule has 0 bridgehead atoms. The zero-order valence-electron chi connectivity index (χ0n) is 11.7. The van der Waals surface area contributed by atoms with Crippen molar-refractivity contribution in [1.29, 1.82) is 0 Å². The highest BCUT2D eigenvalue weighted by molar-refractivity contribution is 5.27. The molecule has 1 aliphatic rings. The molecule has 2 unspecified atom stereocenters. The van der Waals surface area contributed by atoms with Gasteiger partial charge < -0.3 is 15.2 Å². The summed E-state index contributed by atoms with van der Waals surface area (Å²) in [6.45, 7) is 1.36. The fourth-order valence-corrected chi connectivity index (χ4v) is 2.31. The Balaban J connectivity index is 1.83. The summed E-state index contributed by atoms with van der Waals surface area (Å²) in [6, 6.07) is 4.48. The summed E-state index contributed by atoms with van der Waals surface area (Å²) in [7, 11) is 0. The van der Waals surface area contributed by atoms with Crippen LogP contribution in [-0.2, 0) is 15.7 Å². The van der Waals surface area contributed by atoms with Crippen LogP contribution in [0.25, 0.3) is 0 Å². The van der Waals surface area contributed by atoms with E-state index in [1.54, 1.807) is 6.07 Å². The first-order chi connectivity index (χ1) is 9.97. The predicted octanol–water partition coefficient (Wildman–Crippen LogP) is 3.29. The summed E-state index contributed by atoms with van der Waals surface area (Å²) in [5, 5.41) is 0.